The molecule has 1 rings (SSSR count). The van der Waals surface area contributed by atoms with Gasteiger partial charge in [-0.1, -0.05) is 25.9 Å². The fourth-order valence-corrected chi connectivity index (χ4v) is 1.28. The van der Waals surface area contributed by atoms with Gasteiger partial charge in [0.25, 0.3) is 0 Å². The molecule has 0 aliphatic heterocycles. The highest BCUT2D eigenvalue weighted by Gasteiger charge is 2.22. The largest absolute Gasteiger partial charge is 0.411 e. The first-order valence-electron chi connectivity index (χ1n) is 4.54. The van der Waals surface area contributed by atoms with Crippen LogP contribution in [0.3, 0.4) is 0 Å². The summed E-state index contributed by atoms with van der Waals surface area (Å²) in [5, 5.41) is 12.0. The Bertz CT molecular complexity index is 394. The van der Waals surface area contributed by atoms with E-state index in [1.165, 1.54) is 6.07 Å². The van der Waals surface area contributed by atoms with Gasteiger partial charge in [0.2, 0.25) is 0 Å². The Kier molecular flexibility index (Phi) is 3.07. The van der Waals surface area contributed by atoms with Gasteiger partial charge in [-0.15, -0.1) is 0 Å². The molecule has 0 saturated heterocycles. The molecule has 1 N–H and O–H groups in total. The Morgan fingerprint density at radius 3 is 2.20 bits per heavy atom. The first-order chi connectivity index (χ1) is 6.86. The molecule has 1 aromatic rings. The lowest BCUT2D eigenvalue weighted by atomic mass is 9.85. The van der Waals surface area contributed by atoms with Gasteiger partial charge in [-0.25, -0.2) is 8.78 Å². The first-order valence-corrected chi connectivity index (χ1v) is 4.54. The molecule has 0 atom stereocenters. The normalized spacial score (nSPS) is 13.0. The first kappa shape index (κ1) is 11.6. The van der Waals surface area contributed by atoms with Gasteiger partial charge in [0.15, 0.2) is 11.6 Å². The monoisotopic (exact) mass is 213 g/mol. The summed E-state index contributed by atoms with van der Waals surface area (Å²) in [5.41, 5.74) is 0.268. The summed E-state index contributed by atoms with van der Waals surface area (Å²) < 4.78 is 25.6. The van der Waals surface area contributed by atoms with Crippen molar-refractivity contribution >= 4 is 5.71 Å². The summed E-state index contributed by atoms with van der Waals surface area (Å²) in [6.07, 6.45) is 0. The third-order valence-corrected chi connectivity index (χ3v) is 2.00. The van der Waals surface area contributed by atoms with E-state index in [9.17, 15) is 8.78 Å². The molecule has 2 nitrogen and oxygen atoms in total. The van der Waals surface area contributed by atoms with E-state index in [2.05, 4.69) is 5.16 Å². The summed E-state index contributed by atoms with van der Waals surface area (Å²) in [6, 6.07) is 3.43. The second-order valence-electron chi connectivity index (χ2n) is 4.33. The van der Waals surface area contributed by atoms with Crippen molar-refractivity contribution in [3.63, 3.8) is 0 Å². The molecular weight excluding hydrogens is 200 g/mol. The predicted octanol–water partition coefficient (Wildman–Crippen LogP) is 3.19. The summed E-state index contributed by atoms with van der Waals surface area (Å²) in [5.74, 6) is -1.86. The average Bonchev–Trinajstić information content (AvgIpc) is 2.10. The molecule has 0 aliphatic carbocycles. The van der Waals surface area contributed by atoms with Gasteiger partial charge in [-0.05, 0) is 18.2 Å². The molecule has 0 bridgehead atoms. The van der Waals surface area contributed by atoms with E-state index in [0.29, 0.717) is 11.3 Å². The zero-order chi connectivity index (χ0) is 11.6. The van der Waals surface area contributed by atoms with E-state index < -0.39 is 17.0 Å². The van der Waals surface area contributed by atoms with Gasteiger partial charge >= 0.3 is 0 Å². The minimum absolute atomic E-state index is 0.321. The van der Waals surface area contributed by atoms with Crippen molar-refractivity contribution < 1.29 is 14.0 Å². The Hall–Kier alpha value is -1.45. The number of benzene rings is 1. The van der Waals surface area contributed by atoms with E-state index >= 15 is 0 Å². The zero-order valence-corrected chi connectivity index (χ0v) is 8.88. The maximum atomic E-state index is 13.0. The van der Waals surface area contributed by atoms with E-state index in [1.807, 2.05) is 20.8 Å². The molecule has 82 valence electrons. The molecule has 0 radical (unpaired) electrons. The molecule has 0 aromatic heterocycles. The van der Waals surface area contributed by atoms with Crippen LogP contribution in [0.25, 0.3) is 0 Å². The van der Waals surface area contributed by atoms with Crippen molar-refractivity contribution in [3.8, 4) is 0 Å². The molecule has 0 heterocycles. The lowest BCUT2D eigenvalue weighted by Gasteiger charge is -2.19. The zero-order valence-electron chi connectivity index (χ0n) is 8.88. The fraction of sp³-hybridized carbons (Fsp3) is 0.364. The van der Waals surface area contributed by atoms with Gasteiger partial charge in [0, 0.05) is 11.0 Å². The minimum Gasteiger partial charge on any atom is -0.411 e. The topological polar surface area (TPSA) is 32.6 Å². The molecule has 0 spiro atoms. The second-order valence-corrected chi connectivity index (χ2v) is 4.33. The van der Waals surface area contributed by atoms with Gasteiger partial charge in [0.1, 0.15) is 0 Å². The highest BCUT2D eigenvalue weighted by molar-refractivity contribution is 6.03. The van der Waals surface area contributed by atoms with E-state index in [0.717, 1.165) is 12.1 Å². The average molecular weight is 213 g/mol. The molecule has 1 aromatic carbocycles. The smallest absolute Gasteiger partial charge is 0.159 e. The van der Waals surface area contributed by atoms with Gasteiger partial charge in [-0.3, -0.25) is 0 Å². The summed E-state index contributed by atoms with van der Waals surface area (Å²) in [6.45, 7) is 5.47. The summed E-state index contributed by atoms with van der Waals surface area (Å²) >= 11 is 0. The van der Waals surface area contributed by atoms with Crippen LogP contribution in [0.1, 0.15) is 26.3 Å². The van der Waals surface area contributed by atoms with E-state index in [1.54, 1.807) is 0 Å². The molecule has 0 saturated carbocycles. The van der Waals surface area contributed by atoms with Crippen LogP contribution in [0.5, 0.6) is 0 Å². The molecule has 4 heteroatoms. The number of rotatable bonds is 1. The molecule has 0 unspecified atom stereocenters. The SMILES string of the molecule is CC(C)(C)C(=NO)c1ccc(F)c(F)c1. The van der Waals surface area contributed by atoms with Crippen LogP contribution in [0, 0.1) is 17.0 Å². The van der Waals surface area contributed by atoms with Crippen molar-refractivity contribution in [1.29, 1.82) is 0 Å². The second kappa shape index (κ2) is 3.96. The van der Waals surface area contributed by atoms with Crippen molar-refractivity contribution in [2.45, 2.75) is 20.8 Å². The van der Waals surface area contributed by atoms with Crippen molar-refractivity contribution in [1.82, 2.24) is 0 Å². The van der Waals surface area contributed by atoms with E-state index in [-0.39, 0.29) is 0 Å². The molecule has 15 heavy (non-hydrogen) atoms. The van der Waals surface area contributed by atoms with Gasteiger partial charge in [0.05, 0.1) is 5.71 Å². The van der Waals surface area contributed by atoms with Crippen LogP contribution in [-0.2, 0) is 0 Å². The van der Waals surface area contributed by atoms with Gasteiger partial charge < -0.3 is 5.21 Å². The standard InChI is InChI=1S/C11H13F2NO/c1-11(2,3)10(14-15)7-4-5-8(12)9(13)6-7/h4-6,15H,1-3H3. The van der Waals surface area contributed by atoms with Gasteiger partial charge in [-0.2, -0.15) is 0 Å². The summed E-state index contributed by atoms with van der Waals surface area (Å²) in [4.78, 5) is 0. The molecular formula is C11H13F2NO. The molecule has 0 fully saturated rings. The highest BCUT2D eigenvalue weighted by Crippen LogP contribution is 2.22. The third kappa shape index (κ3) is 2.52. The van der Waals surface area contributed by atoms with Crippen LogP contribution in [0.15, 0.2) is 23.4 Å². The predicted molar refractivity (Wildman–Crippen MR) is 54.1 cm³/mol. The maximum absolute atomic E-state index is 13.0. The third-order valence-electron chi connectivity index (χ3n) is 2.00. The van der Waals surface area contributed by atoms with Crippen molar-refractivity contribution in [2.75, 3.05) is 0 Å². The molecule has 0 aliphatic rings. The quantitative estimate of drug-likeness (QED) is 0.433. The van der Waals surface area contributed by atoms with Crippen molar-refractivity contribution in [3.05, 3.63) is 35.4 Å². The maximum Gasteiger partial charge on any atom is 0.159 e. The number of halogens is 2. The number of nitrogens with zero attached hydrogens (tertiary/aromatic N) is 1. The number of hydrogen-bond acceptors (Lipinski definition) is 2. The highest BCUT2D eigenvalue weighted by atomic mass is 19.2. The Morgan fingerprint density at radius 2 is 1.80 bits per heavy atom. The van der Waals surface area contributed by atoms with Crippen LogP contribution < -0.4 is 0 Å². The van der Waals surface area contributed by atoms with Crippen LogP contribution in [-0.4, -0.2) is 10.9 Å². The Balaban J connectivity index is 3.21. The van der Waals surface area contributed by atoms with Crippen molar-refractivity contribution in [2.24, 2.45) is 10.6 Å². The minimum atomic E-state index is -0.946. The molecule has 0 amide bonds. The van der Waals surface area contributed by atoms with E-state index in [4.69, 9.17) is 5.21 Å². The van der Waals surface area contributed by atoms with Crippen LogP contribution in [0.4, 0.5) is 8.78 Å². The Labute approximate surface area is 87.2 Å². The van der Waals surface area contributed by atoms with Crippen LogP contribution in [0.2, 0.25) is 0 Å². The lowest BCUT2D eigenvalue weighted by Crippen LogP contribution is -2.21. The summed E-state index contributed by atoms with van der Waals surface area (Å²) in [7, 11) is 0. The van der Waals surface area contributed by atoms with Crippen LogP contribution >= 0.6 is 0 Å². The number of hydrogen-bond donors (Lipinski definition) is 1. The fourth-order valence-electron chi connectivity index (χ4n) is 1.28. The number of oxime groups is 1. The Morgan fingerprint density at radius 1 is 1.20 bits per heavy atom. The lowest BCUT2D eigenvalue weighted by molar-refractivity contribution is 0.311.